The van der Waals surface area contributed by atoms with Crippen LogP contribution >= 0.6 is 0 Å². The third kappa shape index (κ3) is 3.63. The van der Waals surface area contributed by atoms with Gasteiger partial charge in [-0.05, 0) is 10.9 Å². The van der Waals surface area contributed by atoms with Crippen LogP contribution in [0.1, 0.15) is 19.4 Å². The van der Waals surface area contributed by atoms with Crippen LogP contribution < -0.4 is 31.2 Å². The van der Waals surface area contributed by atoms with Crippen molar-refractivity contribution in [2.24, 2.45) is 0 Å². The molecule has 1 aliphatic heterocycles. The Balaban J connectivity index is 2.66. The van der Waals surface area contributed by atoms with E-state index in [0.29, 0.717) is 0 Å². The zero-order chi connectivity index (χ0) is 19.6. The lowest BCUT2D eigenvalue weighted by Gasteiger charge is -2.51. The largest absolute Gasteiger partial charge is 0.469 e. The lowest BCUT2D eigenvalue weighted by atomic mass is 9.35. The number of rotatable bonds is 4. The van der Waals surface area contributed by atoms with Crippen LogP contribution in [0.2, 0.25) is 0 Å². The highest BCUT2D eigenvalue weighted by atomic mass is 16.7. The summed E-state index contributed by atoms with van der Waals surface area (Å²) < 4.78 is 10.5. The molecule has 0 aliphatic carbocycles. The normalized spacial score (nSPS) is 18.6. The van der Waals surface area contributed by atoms with Crippen molar-refractivity contribution >= 4 is 94.9 Å². The van der Waals surface area contributed by atoms with E-state index in [9.17, 15) is 0 Å². The van der Waals surface area contributed by atoms with Gasteiger partial charge in [0.1, 0.15) is 23.5 Å². The highest BCUT2D eigenvalue weighted by molar-refractivity contribution is 6.57. The highest BCUT2D eigenvalue weighted by Gasteiger charge is 2.42. The maximum atomic E-state index is 6.26. The topological polar surface area (TPSA) is 30.5 Å². The van der Waals surface area contributed by atoms with Gasteiger partial charge in [-0.1, -0.05) is 40.9 Å². The molecule has 1 aromatic carbocycles. The Kier molecular flexibility index (Phi) is 4.95. The number of benzene rings is 1. The summed E-state index contributed by atoms with van der Waals surface area (Å²) in [6, 6.07) is 0. The highest BCUT2D eigenvalue weighted by Crippen LogP contribution is 2.36. The van der Waals surface area contributed by atoms with E-state index in [0.717, 1.165) is 0 Å². The van der Waals surface area contributed by atoms with Gasteiger partial charge in [-0.15, -0.1) is 0 Å². The molecule has 0 bridgehead atoms. The molecule has 102 valence electrons. The molecule has 0 fully saturated rings. The smallest absolute Gasteiger partial charge is 0.175 e. The van der Waals surface area contributed by atoms with Gasteiger partial charge in [0.15, 0.2) is 32.8 Å². The van der Waals surface area contributed by atoms with Crippen LogP contribution in [0.4, 0.5) is 0 Å². The van der Waals surface area contributed by atoms with E-state index in [2.05, 4.69) is 5.32 Å². The van der Waals surface area contributed by atoms with Crippen molar-refractivity contribution in [2.75, 3.05) is 0 Å². The lowest BCUT2D eigenvalue weighted by Crippen LogP contribution is -2.69. The molecule has 0 spiro atoms. The first-order chi connectivity index (χ1) is 11.0. The Bertz CT molecular complexity index is 713. The maximum absolute atomic E-state index is 6.26. The summed E-state index contributed by atoms with van der Waals surface area (Å²) >= 11 is 0. The molecule has 0 saturated carbocycles. The van der Waals surface area contributed by atoms with Crippen LogP contribution in [0, 0.1) is 0 Å². The number of nitrogens with one attached hydrogen (secondary N) is 1. The van der Waals surface area contributed by atoms with Gasteiger partial charge in [0, 0.05) is 0 Å². The van der Waals surface area contributed by atoms with Crippen molar-refractivity contribution in [3.8, 4) is 11.5 Å². The van der Waals surface area contributed by atoms with Crippen LogP contribution in [-0.2, 0) is 5.21 Å². The van der Waals surface area contributed by atoms with E-state index in [1.807, 2.05) is 0 Å². The SMILES string of the molecule is [B]c1c([B])c(C([B])([B])C([B])(C)NC([B])([B])C)c([B])c2c1OC([B])([B])O2. The van der Waals surface area contributed by atoms with Crippen molar-refractivity contribution in [3.05, 3.63) is 5.56 Å². The zero-order valence-corrected chi connectivity index (χ0v) is 14.1. The summed E-state index contributed by atoms with van der Waals surface area (Å²) in [5.41, 5.74) is -3.77. The second-order valence-electron chi connectivity index (χ2n) is 6.68. The van der Waals surface area contributed by atoms with Gasteiger partial charge < -0.3 is 14.8 Å². The fraction of sp³-hybridized carbons (Fsp3) is 0.500. The van der Waals surface area contributed by atoms with Gasteiger partial charge in [-0.25, -0.2) is 0 Å². The molecule has 1 atom stereocenters. The molecule has 20 radical (unpaired) electrons. The minimum atomic E-state index is -1.97. The molecule has 3 nitrogen and oxygen atoms in total. The van der Waals surface area contributed by atoms with Gasteiger partial charge >= 0.3 is 0 Å². The summed E-state index contributed by atoms with van der Waals surface area (Å²) in [5, 5.41) is -0.585. The minimum Gasteiger partial charge on any atom is -0.469 e. The molecule has 2 rings (SSSR count). The predicted octanol–water partition coefficient (Wildman–Crippen LogP) is -5.24. The molecule has 25 heavy (non-hydrogen) atoms. The summed E-state index contributed by atoms with van der Waals surface area (Å²) in [4.78, 5) is 0. The van der Waals surface area contributed by atoms with Crippen LogP contribution in [0.15, 0.2) is 0 Å². The third-order valence-electron chi connectivity index (χ3n) is 3.85. The van der Waals surface area contributed by atoms with E-state index in [1.54, 1.807) is 0 Å². The van der Waals surface area contributed by atoms with Gasteiger partial charge in [0.25, 0.3) is 0 Å². The Morgan fingerprint density at radius 3 is 1.68 bits per heavy atom. The second kappa shape index (κ2) is 5.97. The summed E-state index contributed by atoms with van der Waals surface area (Å²) in [7, 11) is 59.5. The molecule has 0 amide bonds. The number of hydrogen-bond acceptors (Lipinski definition) is 3. The van der Waals surface area contributed by atoms with E-state index in [4.69, 9.17) is 87.9 Å². The fourth-order valence-corrected chi connectivity index (χ4v) is 2.67. The Morgan fingerprint density at radius 2 is 1.24 bits per heavy atom. The molecule has 1 aromatic rings. The average Bonchev–Trinajstić information content (AvgIpc) is 2.69. The van der Waals surface area contributed by atoms with Crippen molar-refractivity contribution in [1.29, 1.82) is 0 Å². The lowest BCUT2D eigenvalue weighted by molar-refractivity contribution is 0.0844. The molecule has 1 unspecified atom stereocenters. The summed E-state index contributed by atoms with van der Waals surface area (Å²) in [6.07, 6.45) is 0. The third-order valence-corrected chi connectivity index (χ3v) is 3.85. The molecular formula is C12H7B10NO2. The number of ether oxygens (including phenoxy) is 2. The van der Waals surface area contributed by atoms with Gasteiger partial charge in [-0.2, -0.15) is 0 Å². The molecule has 1 aliphatic rings. The standard InChI is InChI=1S/C12H7B10NO2/c1-9(16,23-10(2,17)18)11(19,20)3-4(13)6(15)8-7(5(3)14)24-12(21,22)25-8/h23H,1-2H3. The van der Waals surface area contributed by atoms with Crippen LogP contribution in [0.5, 0.6) is 11.5 Å². The Labute approximate surface area is 162 Å². The number of fused-ring (bicyclic) bond motifs is 1. The molecule has 1 N–H and O–H groups in total. The van der Waals surface area contributed by atoms with E-state index in [-0.39, 0.29) is 33.5 Å². The average molecular weight is 305 g/mol. The van der Waals surface area contributed by atoms with Crippen LogP contribution in [-0.4, -0.2) is 94.8 Å². The molecule has 1 heterocycles. The molecule has 0 saturated heterocycles. The van der Waals surface area contributed by atoms with Gasteiger partial charge in [-0.3, -0.25) is 0 Å². The van der Waals surface area contributed by atoms with Gasteiger partial charge in [0.2, 0.25) is 0 Å². The quantitative estimate of drug-likeness (QED) is 0.564. The summed E-state index contributed by atoms with van der Waals surface area (Å²) in [5.74, 6) is -0.0697. The molecular weight excluding hydrogens is 298 g/mol. The van der Waals surface area contributed by atoms with Crippen molar-refractivity contribution in [1.82, 2.24) is 5.32 Å². The second-order valence-corrected chi connectivity index (χ2v) is 6.68. The molecule has 13 heteroatoms. The predicted molar refractivity (Wildman–Crippen MR) is 108 cm³/mol. The van der Waals surface area contributed by atoms with E-state index < -0.39 is 21.6 Å². The Hall–Kier alpha value is -0.571. The Morgan fingerprint density at radius 1 is 0.800 bits per heavy atom. The first-order valence-electron chi connectivity index (χ1n) is 7.20. The first-order valence-corrected chi connectivity index (χ1v) is 7.20. The fourth-order valence-electron chi connectivity index (χ4n) is 2.67. The maximum Gasteiger partial charge on any atom is 0.175 e. The van der Waals surface area contributed by atoms with E-state index in [1.165, 1.54) is 13.8 Å². The molecule has 0 aromatic heterocycles. The first kappa shape index (κ1) is 20.7. The van der Waals surface area contributed by atoms with Crippen molar-refractivity contribution in [3.63, 3.8) is 0 Å². The van der Waals surface area contributed by atoms with Crippen LogP contribution in [0.25, 0.3) is 0 Å². The van der Waals surface area contributed by atoms with Crippen molar-refractivity contribution < 1.29 is 9.47 Å². The summed E-state index contributed by atoms with van der Waals surface area (Å²) in [6.45, 7) is 2.92. The number of hydrogen-bond donors (Lipinski definition) is 1. The minimum absolute atomic E-state index is 0.00759. The monoisotopic (exact) mass is 307 g/mol. The zero-order valence-electron chi connectivity index (χ0n) is 14.1. The van der Waals surface area contributed by atoms with Crippen LogP contribution in [0.3, 0.4) is 0 Å². The van der Waals surface area contributed by atoms with Crippen molar-refractivity contribution in [2.45, 2.75) is 35.4 Å². The van der Waals surface area contributed by atoms with Gasteiger partial charge in [0.05, 0.1) is 39.2 Å². The van der Waals surface area contributed by atoms with E-state index >= 15 is 0 Å².